The third kappa shape index (κ3) is 3.50. The molecule has 0 aromatic heterocycles. The fourth-order valence-corrected chi connectivity index (χ4v) is 4.04. The van der Waals surface area contributed by atoms with Crippen molar-refractivity contribution >= 4 is 11.6 Å². The second-order valence-corrected chi connectivity index (χ2v) is 7.65. The average molecular weight is 430 g/mol. The van der Waals surface area contributed by atoms with Crippen molar-refractivity contribution in [2.45, 2.75) is 44.1 Å². The molecule has 0 spiro atoms. The Balaban J connectivity index is 1.67. The SMILES string of the molecule is C[C@H](O[C@@H]1C[C@@H](O)[C@H](O)[C@@H](CO)O1)c1cc(O)c2c(c1O)C(=O)c1ccccc1C2=O. The summed E-state index contributed by atoms with van der Waals surface area (Å²) in [5.74, 6) is -2.14. The number of phenolic OH excluding ortho intramolecular Hbond substituents is 2. The number of ketones is 2. The van der Waals surface area contributed by atoms with Crippen molar-refractivity contribution in [1.29, 1.82) is 0 Å². The van der Waals surface area contributed by atoms with Gasteiger partial charge in [-0.1, -0.05) is 24.3 Å². The second-order valence-electron chi connectivity index (χ2n) is 7.65. The number of phenols is 2. The van der Waals surface area contributed by atoms with E-state index in [4.69, 9.17) is 9.47 Å². The number of fused-ring (bicyclic) bond motifs is 2. The number of ether oxygens (including phenoxy) is 2. The van der Waals surface area contributed by atoms with Crippen molar-refractivity contribution in [3.05, 3.63) is 58.1 Å². The normalized spacial score (nSPS) is 26.3. The predicted octanol–water partition coefficient (Wildman–Crippen LogP) is 0.780. The van der Waals surface area contributed by atoms with Crippen LogP contribution < -0.4 is 0 Å². The number of hydrogen-bond acceptors (Lipinski definition) is 9. The van der Waals surface area contributed by atoms with Crippen molar-refractivity contribution in [3.8, 4) is 11.5 Å². The third-order valence-corrected chi connectivity index (χ3v) is 5.69. The third-order valence-electron chi connectivity index (χ3n) is 5.69. The van der Waals surface area contributed by atoms with Crippen molar-refractivity contribution < 1.29 is 44.6 Å². The molecule has 0 radical (unpaired) electrons. The Morgan fingerprint density at radius 2 is 1.71 bits per heavy atom. The summed E-state index contributed by atoms with van der Waals surface area (Å²) in [5, 5.41) is 50.4. The summed E-state index contributed by atoms with van der Waals surface area (Å²) in [5.41, 5.74) is -0.266. The molecular formula is C22H22O9. The van der Waals surface area contributed by atoms with Crippen molar-refractivity contribution in [3.63, 3.8) is 0 Å². The number of benzene rings is 2. The predicted molar refractivity (Wildman–Crippen MR) is 105 cm³/mol. The first-order valence-corrected chi connectivity index (χ1v) is 9.79. The molecule has 2 aromatic carbocycles. The first-order valence-electron chi connectivity index (χ1n) is 9.79. The van der Waals surface area contributed by atoms with Gasteiger partial charge in [-0.05, 0) is 13.0 Å². The van der Waals surface area contributed by atoms with Gasteiger partial charge in [0.1, 0.15) is 23.7 Å². The minimum Gasteiger partial charge on any atom is -0.507 e. The van der Waals surface area contributed by atoms with Crippen LogP contribution in [0.4, 0.5) is 0 Å². The van der Waals surface area contributed by atoms with E-state index in [1.54, 1.807) is 12.1 Å². The maximum atomic E-state index is 13.0. The van der Waals surface area contributed by atoms with Crippen LogP contribution in [0.15, 0.2) is 30.3 Å². The number of carbonyl (C=O) groups excluding carboxylic acids is 2. The minimum atomic E-state index is -1.27. The number of rotatable bonds is 4. The van der Waals surface area contributed by atoms with Crippen LogP contribution in [0.25, 0.3) is 0 Å². The number of carbonyl (C=O) groups is 2. The molecule has 164 valence electrons. The fourth-order valence-electron chi connectivity index (χ4n) is 4.04. The molecule has 5 N–H and O–H groups in total. The molecule has 4 rings (SSSR count). The molecule has 0 bridgehead atoms. The average Bonchev–Trinajstić information content (AvgIpc) is 2.75. The number of aliphatic hydroxyl groups is 3. The summed E-state index contributed by atoms with van der Waals surface area (Å²) in [6.07, 6.45) is -5.56. The Morgan fingerprint density at radius 3 is 2.32 bits per heavy atom. The van der Waals surface area contributed by atoms with Crippen LogP contribution in [0, 0.1) is 0 Å². The van der Waals surface area contributed by atoms with Gasteiger partial charge in [0.05, 0.1) is 29.9 Å². The highest BCUT2D eigenvalue weighted by Gasteiger charge is 2.39. The smallest absolute Gasteiger partial charge is 0.198 e. The lowest BCUT2D eigenvalue weighted by molar-refractivity contribution is -0.268. The molecule has 31 heavy (non-hydrogen) atoms. The summed E-state index contributed by atoms with van der Waals surface area (Å²) in [6, 6.07) is 7.30. The summed E-state index contributed by atoms with van der Waals surface area (Å²) >= 11 is 0. The zero-order valence-corrected chi connectivity index (χ0v) is 16.6. The molecule has 5 atom stereocenters. The van der Waals surface area contributed by atoms with E-state index in [-0.39, 0.29) is 34.2 Å². The highest BCUT2D eigenvalue weighted by Crippen LogP contribution is 2.43. The molecule has 2 aromatic rings. The standard InChI is InChI=1S/C22H22O9/c1-9(30-16-7-14(25)22(29)15(8-23)31-16)12-6-13(24)17-18(21(12)28)20(27)11-5-3-2-4-10(11)19(17)26/h2-6,9,14-16,22-25,28-29H,7-8H2,1H3/t9-,14+,15+,16-,22-/m0/s1. The second kappa shape index (κ2) is 8.03. The zero-order valence-electron chi connectivity index (χ0n) is 16.6. The van der Waals surface area contributed by atoms with Crippen LogP contribution in [0.3, 0.4) is 0 Å². The molecule has 9 nitrogen and oxygen atoms in total. The molecular weight excluding hydrogens is 408 g/mol. The molecule has 1 fully saturated rings. The first-order chi connectivity index (χ1) is 14.7. The summed E-state index contributed by atoms with van der Waals surface area (Å²) in [7, 11) is 0. The minimum absolute atomic E-state index is 0.0431. The van der Waals surface area contributed by atoms with Gasteiger partial charge in [-0.15, -0.1) is 0 Å². The van der Waals surface area contributed by atoms with Crippen LogP contribution in [-0.2, 0) is 9.47 Å². The molecule has 0 saturated carbocycles. The van der Waals surface area contributed by atoms with Crippen molar-refractivity contribution in [2.24, 2.45) is 0 Å². The Labute approximate surface area is 177 Å². The molecule has 1 aliphatic heterocycles. The topological polar surface area (TPSA) is 154 Å². The maximum absolute atomic E-state index is 13.0. The number of aromatic hydroxyl groups is 2. The first kappa shape index (κ1) is 21.4. The van der Waals surface area contributed by atoms with Gasteiger partial charge in [-0.25, -0.2) is 0 Å². The van der Waals surface area contributed by atoms with Gasteiger partial charge in [0.15, 0.2) is 17.9 Å². The van der Waals surface area contributed by atoms with Crippen LogP contribution in [0.5, 0.6) is 11.5 Å². The van der Waals surface area contributed by atoms with E-state index in [0.717, 1.165) is 6.07 Å². The number of hydrogen-bond donors (Lipinski definition) is 5. The Kier molecular flexibility index (Phi) is 5.54. The fraction of sp³-hybridized carbons (Fsp3) is 0.364. The van der Waals surface area contributed by atoms with Crippen molar-refractivity contribution in [2.75, 3.05) is 6.61 Å². The number of aliphatic hydroxyl groups excluding tert-OH is 3. The van der Waals surface area contributed by atoms with Gasteiger partial charge in [0.25, 0.3) is 0 Å². The van der Waals surface area contributed by atoms with Gasteiger partial charge >= 0.3 is 0 Å². The Hall–Kier alpha value is -2.82. The molecule has 2 aliphatic rings. The van der Waals surface area contributed by atoms with Gasteiger partial charge < -0.3 is 35.0 Å². The van der Waals surface area contributed by atoms with Gasteiger partial charge in [0, 0.05) is 23.1 Å². The van der Waals surface area contributed by atoms with E-state index in [9.17, 15) is 35.1 Å². The van der Waals surface area contributed by atoms with Crippen molar-refractivity contribution in [1.82, 2.24) is 0 Å². The van der Waals surface area contributed by atoms with Gasteiger partial charge in [-0.3, -0.25) is 9.59 Å². The van der Waals surface area contributed by atoms with E-state index < -0.39 is 60.4 Å². The highest BCUT2D eigenvalue weighted by atomic mass is 16.7. The largest absolute Gasteiger partial charge is 0.507 e. The van der Waals surface area contributed by atoms with E-state index in [0.29, 0.717) is 0 Å². The lowest BCUT2D eigenvalue weighted by Crippen LogP contribution is -2.50. The summed E-state index contributed by atoms with van der Waals surface area (Å²) < 4.78 is 11.1. The van der Waals surface area contributed by atoms with Crippen LogP contribution in [-0.4, -0.2) is 68.3 Å². The lowest BCUT2D eigenvalue weighted by atomic mass is 9.81. The summed E-state index contributed by atoms with van der Waals surface area (Å²) in [6.45, 7) is 0.992. The molecule has 1 aliphatic carbocycles. The van der Waals surface area contributed by atoms with Crippen LogP contribution >= 0.6 is 0 Å². The Bertz CT molecular complexity index is 1050. The van der Waals surface area contributed by atoms with E-state index in [2.05, 4.69) is 0 Å². The van der Waals surface area contributed by atoms with Gasteiger partial charge in [-0.2, -0.15) is 0 Å². The highest BCUT2D eigenvalue weighted by molar-refractivity contribution is 6.30. The molecule has 0 unspecified atom stereocenters. The molecule has 1 heterocycles. The zero-order chi connectivity index (χ0) is 22.4. The van der Waals surface area contributed by atoms with E-state index in [1.807, 2.05) is 0 Å². The Morgan fingerprint density at radius 1 is 1.10 bits per heavy atom. The van der Waals surface area contributed by atoms with E-state index >= 15 is 0 Å². The van der Waals surface area contributed by atoms with E-state index in [1.165, 1.54) is 19.1 Å². The maximum Gasteiger partial charge on any atom is 0.198 e. The quantitative estimate of drug-likeness (QED) is 0.378. The molecule has 0 amide bonds. The van der Waals surface area contributed by atoms with Crippen LogP contribution in [0.1, 0.15) is 56.9 Å². The molecule has 9 heteroatoms. The summed E-state index contributed by atoms with van der Waals surface area (Å²) in [4.78, 5) is 25.8. The van der Waals surface area contributed by atoms with Crippen LogP contribution in [0.2, 0.25) is 0 Å². The lowest BCUT2D eigenvalue weighted by Gasteiger charge is -2.37. The van der Waals surface area contributed by atoms with Gasteiger partial charge in [0.2, 0.25) is 0 Å². The monoisotopic (exact) mass is 430 g/mol. The molecule has 1 saturated heterocycles.